The second kappa shape index (κ2) is 10.1. The standard InChI is InChI=1S/C27H28N2O6/c1-4-28(5-2)13-14-29-24(19-10-8-11-20(15-19)34-17(3)30)23(26(32)27(29)33)25(31)22-16-18-9-6-7-12-21(18)35-22/h6-12,15-16,24,32H,4-5,13-14H2,1-3H3. The Labute approximate surface area is 203 Å². The van der Waals surface area contributed by atoms with Gasteiger partial charge in [-0.15, -0.1) is 0 Å². The summed E-state index contributed by atoms with van der Waals surface area (Å²) in [6, 6.07) is 14.6. The van der Waals surface area contributed by atoms with Gasteiger partial charge in [0.05, 0.1) is 11.6 Å². The fourth-order valence-corrected chi connectivity index (χ4v) is 4.39. The summed E-state index contributed by atoms with van der Waals surface area (Å²) in [5, 5.41) is 11.6. The number of carbonyl (C=O) groups is 3. The quantitative estimate of drug-likeness (QED) is 0.280. The van der Waals surface area contributed by atoms with Crippen molar-refractivity contribution in [2.24, 2.45) is 0 Å². The highest BCUT2D eigenvalue weighted by atomic mass is 16.5. The van der Waals surface area contributed by atoms with Crippen molar-refractivity contribution in [1.29, 1.82) is 0 Å². The van der Waals surface area contributed by atoms with E-state index in [0.717, 1.165) is 18.5 Å². The largest absolute Gasteiger partial charge is 0.503 e. The Kier molecular flexibility index (Phi) is 7.02. The van der Waals surface area contributed by atoms with Crippen LogP contribution in [0.1, 0.15) is 42.9 Å². The number of Topliss-reactive ketones (excluding diaryl/α,β-unsaturated/α-hetero) is 1. The molecule has 0 aliphatic carbocycles. The fraction of sp³-hybridized carbons (Fsp3) is 0.296. The van der Waals surface area contributed by atoms with Crippen LogP contribution in [0.4, 0.5) is 0 Å². The summed E-state index contributed by atoms with van der Waals surface area (Å²) in [6.07, 6.45) is 0. The number of hydrogen-bond acceptors (Lipinski definition) is 7. The van der Waals surface area contributed by atoms with Crippen molar-refractivity contribution in [2.75, 3.05) is 26.2 Å². The van der Waals surface area contributed by atoms with E-state index in [9.17, 15) is 19.5 Å². The minimum Gasteiger partial charge on any atom is -0.503 e. The summed E-state index contributed by atoms with van der Waals surface area (Å²) in [7, 11) is 0. The number of aliphatic hydroxyl groups excluding tert-OH is 1. The number of amides is 1. The van der Waals surface area contributed by atoms with Gasteiger partial charge in [0.15, 0.2) is 11.5 Å². The lowest BCUT2D eigenvalue weighted by Gasteiger charge is -2.29. The molecule has 0 saturated heterocycles. The van der Waals surface area contributed by atoms with E-state index in [0.29, 0.717) is 24.2 Å². The Morgan fingerprint density at radius 2 is 1.83 bits per heavy atom. The molecule has 4 rings (SSSR count). The molecule has 1 unspecified atom stereocenters. The number of fused-ring (bicyclic) bond motifs is 1. The van der Waals surface area contributed by atoms with E-state index in [-0.39, 0.29) is 17.1 Å². The van der Waals surface area contributed by atoms with Crippen LogP contribution in [0.15, 0.2) is 70.3 Å². The van der Waals surface area contributed by atoms with Crippen LogP contribution in [0.25, 0.3) is 11.0 Å². The first-order valence-corrected chi connectivity index (χ1v) is 11.6. The number of aliphatic hydroxyl groups is 1. The molecule has 0 spiro atoms. The number of para-hydroxylation sites is 1. The first-order chi connectivity index (χ1) is 16.8. The number of hydrogen-bond donors (Lipinski definition) is 1. The molecule has 8 heteroatoms. The minimum absolute atomic E-state index is 0.0345. The highest BCUT2D eigenvalue weighted by Crippen LogP contribution is 2.40. The van der Waals surface area contributed by atoms with E-state index < -0.39 is 29.5 Å². The molecule has 1 aliphatic rings. The average Bonchev–Trinajstić information content (AvgIpc) is 3.39. The maximum Gasteiger partial charge on any atom is 0.308 e. The molecule has 1 N–H and O–H groups in total. The first kappa shape index (κ1) is 24.2. The molecule has 0 fully saturated rings. The van der Waals surface area contributed by atoms with Crippen LogP contribution in [0.2, 0.25) is 0 Å². The van der Waals surface area contributed by atoms with Crippen molar-refractivity contribution in [3.8, 4) is 5.75 Å². The van der Waals surface area contributed by atoms with Crippen LogP contribution < -0.4 is 4.74 Å². The molecule has 3 aromatic rings. The third kappa shape index (κ3) is 4.83. The van der Waals surface area contributed by atoms with Gasteiger partial charge in [-0.25, -0.2) is 0 Å². The SMILES string of the molecule is CCN(CC)CCN1C(=O)C(O)=C(C(=O)c2cc3ccccc3o2)C1c1cccc(OC(C)=O)c1. The van der Waals surface area contributed by atoms with Gasteiger partial charge in [0.1, 0.15) is 11.3 Å². The zero-order valence-corrected chi connectivity index (χ0v) is 20.0. The summed E-state index contributed by atoms with van der Waals surface area (Å²) < 4.78 is 11.0. The molecule has 1 aliphatic heterocycles. The Hall–Kier alpha value is -3.91. The van der Waals surface area contributed by atoms with E-state index in [2.05, 4.69) is 4.90 Å². The Morgan fingerprint density at radius 3 is 2.51 bits per heavy atom. The molecule has 1 atom stereocenters. The lowest BCUT2D eigenvalue weighted by molar-refractivity contribution is -0.132. The number of ether oxygens (including phenoxy) is 1. The van der Waals surface area contributed by atoms with Crippen molar-refractivity contribution < 1.29 is 28.6 Å². The lowest BCUT2D eigenvalue weighted by Crippen LogP contribution is -2.38. The molecular weight excluding hydrogens is 448 g/mol. The van der Waals surface area contributed by atoms with E-state index >= 15 is 0 Å². The normalized spacial score (nSPS) is 15.9. The van der Waals surface area contributed by atoms with Gasteiger partial charge in [-0.3, -0.25) is 14.4 Å². The topological polar surface area (TPSA) is 100 Å². The van der Waals surface area contributed by atoms with Crippen LogP contribution in [0.5, 0.6) is 5.75 Å². The molecule has 0 radical (unpaired) electrons. The molecule has 2 heterocycles. The van der Waals surface area contributed by atoms with Gasteiger partial charge in [-0.05, 0) is 42.9 Å². The van der Waals surface area contributed by atoms with Crippen molar-refractivity contribution in [3.05, 3.63) is 77.3 Å². The number of carbonyl (C=O) groups excluding carboxylic acids is 3. The van der Waals surface area contributed by atoms with Crippen LogP contribution >= 0.6 is 0 Å². The summed E-state index contributed by atoms with van der Waals surface area (Å²) in [4.78, 5) is 41.9. The molecule has 35 heavy (non-hydrogen) atoms. The van der Waals surface area contributed by atoms with Gasteiger partial charge in [-0.1, -0.05) is 44.2 Å². The predicted molar refractivity (Wildman–Crippen MR) is 130 cm³/mol. The number of ketones is 1. The lowest BCUT2D eigenvalue weighted by atomic mass is 9.95. The van der Waals surface area contributed by atoms with Gasteiger partial charge >= 0.3 is 5.97 Å². The summed E-state index contributed by atoms with van der Waals surface area (Å²) in [5.74, 6) is -1.96. The molecule has 0 bridgehead atoms. The Morgan fingerprint density at radius 1 is 1.09 bits per heavy atom. The summed E-state index contributed by atoms with van der Waals surface area (Å²) >= 11 is 0. The predicted octanol–water partition coefficient (Wildman–Crippen LogP) is 4.28. The summed E-state index contributed by atoms with van der Waals surface area (Å²) in [6.45, 7) is 7.82. The monoisotopic (exact) mass is 476 g/mol. The summed E-state index contributed by atoms with van der Waals surface area (Å²) in [5.41, 5.74) is 1.01. The minimum atomic E-state index is -0.866. The molecule has 8 nitrogen and oxygen atoms in total. The number of esters is 1. The smallest absolute Gasteiger partial charge is 0.308 e. The number of likely N-dealkylation sites (N-methyl/N-ethyl adjacent to an activating group) is 1. The molecular formula is C27H28N2O6. The zero-order valence-electron chi connectivity index (χ0n) is 20.0. The van der Waals surface area contributed by atoms with E-state index in [1.54, 1.807) is 42.5 Å². The van der Waals surface area contributed by atoms with Crippen LogP contribution in [0.3, 0.4) is 0 Å². The third-order valence-corrected chi connectivity index (χ3v) is 6.18. The second-order valence-corrected chi connectivity index (χ2v) is 8.33. The molecule has 1 aromatic heterocycles. The Bertz CT molecular complexity index is 1270. The molecule has 2 aromatic carbocycles. The van der Waals surface area contributed by atoms with Gasteiger partial charge in [0.2, 0.25) is 5.78 Å². The maximum absolute atomic E-state index is 13.6. The van der Waals surface area contributed by atoms with Gasteiger partial charge in [0.25, 0.3) is 5.91 Å². The fourth-order valence-electron chi connectivity index (χ4n) is 4.39. The van der Waals surface area contributed by atoms with Crippen LogP contribution in [-0.2, 0) is 9.59 Å². The third-order valence-electron chi connectivity index (χ3n) is 6.18. The number of furan rings is 1. The highest BCUT2D eigenvalue weighted by Gasteiger charge is 2.44. The maximum atomic E-state index is 13.6. The zero-order chi connectivity index (χ0) is 25.1. The number of rotatable bonds is 9. The van der Waals surface area contributed by atoms with Gasteiger partial charge in [-0.2, -0.15) is 0 Å². The van der Waals surface area contributed by atoms with Crippen LogP contribution in [-0.4, -0.2) is 58.7 Å². The first-order valence-electron chi connectivity index (χ1n) is 11.6. The van der Waals surface area contributed by atoms with Crippen molar-refractivity contribution in [3.63, 3.8) is 0 Å². The molecule has 182 valence electrons. The van der Waals surface area contributed by atoms with Gasteiger partial charge in [0, 0.05) is 25.4 Å². The van der Waals surface area contributed by atoms with E-state index in [1.807, 2.05) is 26.0 Å². The van der Waals surface area contributed by atoms with Crippen molar-refractivity contribution in [1.82, 2.24) is 9.80 Å². The van der Waals surface area contributed by atoms with Crippen LogP contribution in [0, 0.1) is 0 Å². The van der Waals surface area contributed by atoms with Crippen molar-refractivity contribution >= 4 is 28.6 Å². The molecule has 0 saturated carbocycles. The van der Waals surface area contributed by atoms with Gasteiger partial charge < -0.3 is 24.1 Å². The molecule has 1 amide bonds. The number of nitrogens with zero attached hydrogens (tertiary/aromatic N) is 2. The average molecular weight is 477 g/mol. The Balaban J connectivity index is 1.77. The number of benzene rings is 2. The van der Waals surface area contributed by atoms with Crippen molar-refractivity contribution in [2.45, 2.75) is 26.8 Å². The second-order valence-electron chi connectivity index (χ2n) is 8.33. The highest BCUT2D eigenvalue weighted by molar-refractivity contribution is 6.16. The van der Waals surface area contributed by atoms with E-state index in [4.69, 9.17) is 9.15 Å². The van der Waals surface area contributed by atoms with E-state index in [1.165, 1.54) is 11.8 Å².